The number of hydrogen-bond acceptors (Lipinski definition) is 4. The SMILES string of the molecule is Cl.N[C@H](c1ccccc1[N+](=O)[O-])[C@@H](O)Cc1ccccc1. The maximum Gasteiger partial charge on any atom is 0.274 e. The van der Waals surface area contributed by atoms with Crippen molar-refractivity contribution in [2.24, 2.45) is 5.73 Å². The maximum atomic E-state index is 11.0. The molecule has 2 aromatic carbocycles. The summed E-state index contributed by atoms with van der Waals surface area (Å²) in [6, 6.07) is 14.8. The van der Waals surface area contributed by atoms with Crippen LogP contribution in [0.1, 0.15) is 17.2 Å². The molecule has 0 aliphatic heterocycles. The van der Waals surface area contributed by atoms with Crippen LogP contribution in [0.25, 0.3) is 0 Å². The third-order valence-electron chi connectivity index (χ3n) is 3.19. The van der Waals surface area contributed by atoms with Crippen LogP contribution in [0.4, 0.5) is 5.69 Å². The smallest absolute Gasteiger partial charge is 0.274 e. The van der Waals surface area contributed by atoms with Crippen LogP contribution in [-0.2, 0) is 6.42 Å². The van der Waals surface area contributed by atoms with Gasteiger partial charge in [0.1, 0.15) is 0 Å². The first-order chi connectivity index (χ1) is 9.59. The lowest BCUT2D eigenvalue weighted by Crippen LogP contribution is -2.28. The van der Waals surface area contributed by atoms with E-state index in [-0.39, 0.29) is 18.1 Å². The highest BCUT2D eigenvalue weighted by Gasteiger charge is 2.24. The molecule has 0 radical (unpaired) electrons. The summed E-state index contributed by atoms with van der Waals surface area (Å²) in [5.41, 5.74) is 7.19. The van der Waals surface area contributed by atoms with Gasteiger partial charge in [0, 0.05) is 18.1 Å². The van der Waals surface area contributed by atoms with Crippen LogP contribution in [0.15, 0.2) is 54.6 Å². The molecule has 0 aromatic heterocycles. The monoisotopic (exact) mass is 308 g/mol. The second kappa shape index (κ2) is 7.73. The Morgan fingerprint density at radius 3 is 2.29 bits per heavy atom. The highest BCUT2D eigenvalue weighted by molar-refractivity contribution is 5.85. The van der Waals surface area contributed by atoms with E-state index in [1.165, 1.54) is 6.07 Å². The summed E-state index contributed by atoms with van der Waals surface area (Å²) in [6.07, 6.45) is -0.521. The van der Waals surface area contributed by atoms with Gasteiger partial charge in [0.15, 0.2) is 0 Å². The van der Waals surface area contributed by atoms with E-state index in [1.54, 1.807) is 18.2 Å². The van der Waals surface area contributed by atoms with Crippen LogP contribution in [0, 0.1) is 10.1 Å². The molecule has 2 rings (SSSR count). The van der Waals surface area contributed by atoms with E-state index >= 15 is 0 Å². The topological polar surface area (TPSA) is 89.4 Å². The molecule has 3 N–H and O–H groups in total. The lowest BCUT2D eigenvalue weighted by molar-refractivity contribution is -0.385. The molecular weight excluding hydrogens is 292 g/mol. The molecule has 0 aliphatic carbocycles. The van der Waals surface area contributed by atoms with Gasteiger partial charge in [-0.05, 0) is 5.56 Å². The van der Waals surface area contributed by atoms with E-state index in [1.807, 2.05) is 30.3 Å². The number of nitro benzene ring substituents is 1. The fourth-order valence-electron chi connectivity index (χ4n) is 2.13. The van der Waals surface area contributed by atoms with Crippen LogP contribution < -0.4 is 5.73 Å². The lowest BCUT2D eigenvalue weighted by Gasteiger charge is -2.19. The highest BCUT2D eigenvalue weighted by atomic mass is 35.5. The second-order valence-corrected chi connectivity index (χ2v) is 4.60. The summed E-state index contributed by atoms with van der Waals surface area (Å²) in [4.78, 5) is 10.5. The summed E-state index contributed by atoms with van der Waals surface area (Å²) < 4.78 is 0. The Morgan fingerprint density at radius 1 is 1.10 bits per heavy atom. The van der Waals surface area contributed by atoms with Crippen LogP contribution in [0.5, 0.6) is 0 Å². The van der Waals surface area contributed by atoms with Crippen molar-refractivity contribution in [2.45, 2.75) is 18.6 Å². The van der Waals surface area contributed by atoms with Crippen molar-refractivity contribution in [2.75, 3.05) is 0 Å². The summed E-state index contributed by atoms with van der Waals surface area (Å²) in [5, 5.41) is 21.2. The van der Waals surface area contributed by atoms with Crippen LogP contribution in [-0.4, -0.2) is 16.1 Å². The van der Waals surface area contributed by atoms with Crippen molar-refractivity contribution in [3.63, 3.8) is 0 Å². The minimum atomic E-state index is -0.876. The number of aliphatic hydroxyl groups excluding tert-OH is 1. The summed E-state index contributed by atoms with van der Waals surface area (Å²) in [6.45, 7) is 0. The van der Waals surface area contributed by atoms with E-state index in [0.29, 0.717) is 12.0 Å². The first-order valence-electron chi connectivity index (χ1n) is 6.30. The van der Waals surface area contributed by atoms with Gasteiger partial charge in [-0.2, -0.15) is 0 Å². The van der Waals surface area contributed by atoms with Gasteiger partial charge in [0.05, 0.1) is 17.1 Å². The van der Waals surface area contributed by atoms with E-state index in [2.05, 4.69) is 0 Å². The minimum Gasteiger partial charge on any atom is -0.391 e. The van der Waals surface area contributed by atoms with Gasteiger partial charge in [-0.1, -0.05) is 48.5 Å². The second-order valence-electron chi connectivity index (χ2n) is 4.60. The molecule has 112 valence electrons. The lowest BCUT2D eigenvalue weighted by atomic mass is 9.96. The molecule has 0 fully saturated rings. The van der Waals surface area contributed by atoms with Crippen LogP contribution in [0.3, 0.4) is 0 Å². The number of nitro groups is 1. The summed E-state index contributed by atoms with van der Waals surface area (Å²) in [5.74, 6) is 0. The summed E-state index contributed by atoms with van der Waals surface area (Å²) >= 11 is 0. The fourth-order valence-corrected chi connectivity index (χ4v) is 2.13. The summed E-state index contributed by atoms with van der Waals surface area (Å²) in [7, 11) is 0. The molecule has 0 spiro atoms. The molecule has 6 heteroatoms. The van der Waals surface area contributed by atoms with Crippen LogP contribution in [0.2, 0.25) is 0 Å². The molecule has 0 saturated carbocycles. The molecular formula is C15H17ClN2O3. The Labute approximate surface area is 129 Å². The molecule has 0 heterocycles. The number of hydrogen-bond donors (Lipinski definition) is 2. The first-order valence-corrected chi connectivity index (χ1v) is 6.30. The number of nitrogens with two attached hydrogens (primary N) is 1. The average Bonchev–Trinajstić information content (AvgIpc) is 2.47. The Bertz CT molecular complexity index is 592. The Morgan fingerprint density at radius 2 is 1.67 bits per heavy atom. The van der Waals surface area contributed by atoms with Gasteiger partial charge in [0.2, 0.25) is 0 Å². The zero-order valence-corrected chi connectivity index (χ0v) is 12.1. The zero-order chi connectivity index (χ0) is 14.5. The third kappa shape index (κ3) is 4.26. The minimum absolute atomic E-state index is 0. The number of benzene rings is 2. The number of nitrogens with zero attached hydrogens (tertiary/aromatic N) is 1. The molecule has 0 aliphatic rings. The zero-order valence-electron chi connectivity index (χ0n) is 11.3. The number of halogens is 1. The molecule has 0 saturated heterocycles. The fraction of sp³-hybridized carbons (Fsp3) is 0.200. The molecule has 5 nitrogen and oxygen atoms in total. The Kier molecular flexibility index (Phi) is 6.30. The predicted octanol–water partition coefficient (Wildman–Crippen LogP) is 2.62. The van der Waals surface area contributed by atoms with Crippen LogP contribution >= 0.6 is 12.4 Å². The number of para-hydroxylation sites is 1. The standard InChI is InChI=1S/C15H16N2O3.ClH/c16-15(12-8-4-5-9-13(12)17(19)20)14(18)10-11-6-2-1-3-7-11;/h1-9,14-15,18H,10,16H2;1H/t14-,15+;/m0./s1. The largest absolute Gasteiger partial charge is 0.391 e. The van der Waals surface area contributed by atoms with Gasteiger partial charge in [0.25, 0.3) is 5.69 Å². The third-order valence-corrected chi connectivity index (χ3v) is 3.19. The molecule has 2 aromatic rings. The maximum absolute atomic E-state index is 11.0. The molecule has 0 amide bonds. The van der Waals surface area contributed by atoms with Gasteiger partial charge < -0.3 is 10.8 Å². The van der Waals surface area contributed by atoms with E-state index in [4.69, 9.17) is 5.73 Å². The number of aliphatic hydroxyl groups is 1. The van der Waals surface area contributed by atoms with E-state index in [9.17, 15) is 15.2 Å². The number of rotatable bonds is 5. The normalized spacial score (nSPS) is 13.0. The van der Waals surface area contributed by atoms with E-state index < -0.39 is 17.1 Å². The molecule has 21 heavy (non-hydrogen) atoms. The van der Waals surface area contributed by atoms with Crippen molar-refractivity contribution in [3.05, 3.63) is 75.8 Å². The Hall–Kier alpha value is -1.95. The van der Waals surface area contributed by atoms with Gasteiger partial charge in [-0.15, -0.1) is 12.4 Å². The highest BCUT2D eigenvalue weighted by Crippen LogP contribution is 2.26. The average molecular weight is 309 g/mol. The van der Waals surface area contributed by atoms with Gasteiger partial charge in [-0.3, -0.25) is 10.1 Å². The van der Waals surface area contributed by atoms with Crippen molar-refractivity contribution < 1.29 is 10.0 Å². The van der Waals surface area contributed by atoms with Crippen molar-refractivity contribution in [1.29, 1.82) is 0 Å². The first kappa shape index (κ1) is 17.1. The molecule has 0 unspecified atom stereocenters. The Balaban J connectivity index is 0.00000220. The molecule has 2 atom stereocenters. The van der Waals surface area contributed by atoms with Gasteiger partial charge in [-0.25, -0.2) is 0 Å². The van der Waals surface area contributed by atoms with Gasteiger partial charge >= 0.3 is 0 Å². The quantitative estimate of drug-likeness (QED) is 0.656. The van der Waals surface area contributed by atoms with Crippen molar-refractivity contribution in [3.8, 4) is 0 Å². The van der Waals surface area contributed by atoms with E-state index in [0.717, 1.165) is 5.56 Å². The van der Waals surface area contributed by atoms with Crippen molar-refractivity contribution >= 4 is 18.1 Å². The predicted molar refractivity (Wildman–Crippen MR) is 83.4 cm³/mol. The molecule has 0 bridgehead atoms. The van der Waals surface area contributed by atoms with Crippen molar-refractivity contribution in [1.82, 2.24) is 0 Å².